The summed E-state index contributed by atoms with van der Waals surface area (Å²) in [5.41, 5.74) is 0.256. The van der Waals surface area contributed by atoms with E-state index in [4.69, 9.17) is 9.15 Å². The fourth-order valence-corrected chi connectivity index (χ4v) is 2.57. The average Bonchev–Trinajstić information content (AvgIpc) is 2.54. The summed E-state index contributed by atoms with van der Waals surface area (Å²) in [7, 11) is 0. The number of hydrogen-bond donors (Lipinski definition) is 4. The van der Waals surface area contributed by atoms with E-state index in [1.54, 1.807) is 18.2 Å². The van der Waals surface area contributed by atoms with E-state index in [0.29, 0.717) is 16.7 Å². The molecule has 0 spiro atoms. The SMILES string of the molecule is O=c1ccc2ccc(NC3C(O)OC(CF)[C@@H](O)C3O)cc2o1. The maximum Gasteiger partial charge on any atom is 0.336 e. The molecule has 0 bridgehead atoms. The predicted octanol–water partition coefficient (Wildman–Crippen LogP) is -0.0180. The second kappa shape index (κ2) is 6.25. The third-order valence-corrected chi connectivity index (χ3v) is 3.83. The van der Waals surface area contributed by atoms with Crippen LogP contribution in [0.2, 0.25) is 0 Å². The Morgan fingerprint density at radius 3 is 2.61 bits per heavy atom. The predicted molar refractivity (Wildman–Crippen MR) is 78.8 cm³/mol. The Labute approximate surface area is 129 Å². The number of alkyl halides is 1. The van der Waals surface area contributed by atoms with Crippen molar-refractivity contribution in [2.45, 2.75) is 30.6 Å². The van der Waals surface area contributed by atoms with Crippen LogP contribution in [0.5, 0.6) is 0 Å². The molecule has 23 heavy (non-hydrogen) atoms. The summed E-state index contributed by atoms with van der Waals surface area (Å²) >= 11 is 0. The number of ether oxygens (including phenoxy) is 1. The zero-order valence-corrected chi connectivity index (χ0v) is 11.9. The molecule has 0 saturated carbocycles. The summed E-state index contributed by atoms with van der Waals surface area (Å²) in [5.74, 6) is 0. The van der Waals surface area contributed by atoms with Crippen molar-refractivity contribution in [2.24, 2.45) is 0 Å². The highest BCUT2D eigenvalue weighted by atomic mass is 19.1. The molecule has 0 amide bonds. The number of anilines is 1. The van der Waals surface area contributed by atoms with Crippen LogP contribution in [0.1, 0.15) is 0 Å². The van der Waals surface area contributed by atoms with Gasteiger partial charge >= 0.3 is 5.63 Å². The van der Waals surface area contributed by atoms with Gasteiger partial charge in [0.25, 0.3) is 0 Å². The molecule has 1 saturated heterocycles. The molecule has 7 nitrogen and oxygen atoms in total. The van der Waals surface area contributed by atoms with Gasteiger partial charge in [0.1, 0.15) is 36.6 Å². The van der Waals surface area contributed by atoms with E-state index in [1.807, 2.05) is 0 Å². The molecule has 3 rings (SSSR count). The van der Waals surface area contributed by atoms with Gasteiger partial charge in [-0.1, -0.05) is 0 Å². The molecule has 0 aliphatic carbocycles. The molecular formula is C15H16FNO6. The number of rotatable bonds is 3. The van der Waals surface area contributed by atoms with Crippen LogP contribution in [0.25, 0.3) is 11.0 Å². The van der Waals surface area contributed by atoms with Crippen molar-refractivity contribution >= 4 is 16.7 Å². The van der Waals surface area contributed by atoms with Gasteiger partial charge in [-0.3, -0.25) is 0 Å². The number of benzene rings is 1. The highest BCUT2D eigenvalue weighted by Crippen LogP contribution is 2.25. The Bertz CT molecular complexity index is 750. The summed E-state index contributed by atoms with van der Waals surface area (Å²) in [5, 5.41) is 33.2. The van der Waals surface area contributed by atoms with Gasteiger partial charge in [0.2, 0.25) is 0 Å². The van der Waals surface area contributed by atoms with Gasteiger partial charge in [-0.05, 0) is 18.2 Å². The average molecular weight is 325 g/mol. The molecule has 0 radical (unpaired) electrons. The van der Waals surface area contributed by atoms with Crippen LogP contribution in [0.15, 0.2) is 39.5 Å². The van der Waals surface area contributed by atoms with Gasteiger partial charge in [-0.15, -0.1) is 0 Å². The summed E-state index contributed by atoms with van der Waals surface area (Å²) in [4.78, 5) is 11.2. The lowest BCUT2D eigenvalue weighted by Crippen LogP contribution is -2.60. The van der Waals surface area contributed by atoms with Crippen molar-refractivity contribution in [3.63, 3.8) is 0 Å². The molecule has 2 heterocycles. The number of halogens is 1. The first kappa shape index (κ1) is 15.9. The number of aliphatic hydroxyl groups excluding tert-OH is 3. The van der Waals surface area contributed by atoms with Crippen molar-refractivity contribution in [1.29, 1.82) is 0 Å². The summed E-state index contributed by atoms with van der Waals surface area (Å²) in [6.07, 6.45) is -5.70. The highest BCUT2D eigenvalue weighted by Gasteiger charge is 2.43. The van der Waals surface area contributed by atoms with Crippen LogP contribution in [-0.4, -0.2) is 52.6 Å². The molecule has 4 unspecified atom stereocenters. The summed E-state index contributed by atoms with van der Waals surface area (Å²) in [6, 6.07) is 6.68. The lowest BCUT2D eigenvalue weighted by atomic mass is 9.97. The van der Waals surface area contributed by atoms with Crippen molar-refractivity contribution in [2.75, 3.05) is 12.0 Å². The molecule has 1 aliphatic rings. The van der Waals surface area contributed by atoms with Gasteiger partial charge in [-0.25, -0.2) is 9.18 Å². The lowest BCUT2D eigenvalue weighted by molar-refractivity contribution is -0.240. The van der Waals surface area contributed by atoms with Crippen molar-refractivity contribution < 1.29 is 28.9 Å². The van der Waals surface area contributed by atoms with E-state index in [1.165, 1.54) is 12.1 Å². The third-order valence-electron chi connectivity index (χ3n) is 3.83. The largest absolute Gasteiger partial charge is 0.423 e. The summed E-state index contributed by atoms with van der Waals surface area (Å²) < 4.78 is 22.7. The maximum atomic E-state index is 12.7. The van der Waals surface area contributed by atoms with Crippen LogP contribution in [0.4, 0.5) is 10.1 Å². The van der Waals surface area contributed by atoms with Gasteiger partial charge in [-0.2, -0.15) is 0 Å². The minimum atomic E-state index is -1.51. The second-order valence-electron chi connectivity index (χ2n) is 5.38. The van der Waals surface area contributed by atoms with Crippen molar-refractivity contribution in [1.82, 2.24) is 0 Å². The monoisotopic (exact) mass is 325 g/mol. The topological polar surface area (TPSA) is 112 Å². The minimum absolute atomic E-state index is 0.324. The molecule has 1 fully saturated rings. The molecule has 2 aromatic rings. The number of fused-ring (bicyclic) bond motifs is 1. The van der Waals surface area contributed by atoms with Crippen molar-refractivity contribution in [3.8, 4) is 0 Å². The Balaban J connectivity index is 1.84. The molecule has 1 aromatic heterocycles. The molecule has 124 valence electrons. The Hall–Kier alpha value is -2.00. The van der Waals surface area contributed by atoms with Crippen LogP contribution in [0, 0.1) is 0 Å². The zero-order chi connectivity index (χ0) is 16.6. The van der Waals surface area contributed by atoms with Gasteiger partial charge in [0.05, 0.1) is 0 Å². The standard InChI is InChI=1S/C15H16FNO6/c16-6-10-13(19)14(20)12(15(21)23-10)17-8-3-1-7-2-4-11(18)22-9(7)5-8/h1-5,10,12-15,17,19-21H,6H2/t10?,12?,13-,14?,15?/m1/s1. The fraction of sp³-hybridized carbons (Fsp3) is 0.400. The van der Waals surface area contributed by atoms with Crippen LogP contribution < -0.4 is 10.9 Å². The van der Waals surface area contributed by atoms with E-state index in [-0.39, 0.29) is 0 Å². The second-order valence-corrected chi connectivity index (χ2v) is 5.38. The first-order valence-corrected chi connectivity index (χ1v) is 7.05. The van der Waals surface area contributed by atoms with Gasteiger partial charge in [0.15, 0.2) is 6.29 Å². The van der Waals surface area contributed by atoms with E-state index < -0.39 is 42.9 Å². The highest BCUT2D eigenvalue weighted by molar-refractivity contribution is 5.80. The van der Waals surface area contributed by atoms with Gasteiger partial charge in [0, 0.05) is 23.2 Å². The third kappa shape index (κ3) is 3.06. The lowest BCUT2D eigenvalue weighted by Gasteiger charge is -2.40. The molecule has 1 aliphatic heterocycles. The van der Waals surface area contributed by atoms with Crippen LogP contribution in [-0.2, 0) is 4.74 Å². The normalized spacial score (nSPS) is 31.2. The molecule has 1 aromatic carbocycles. The van der Waals surface area contributed by atoms with Crippen LogP contribution >= 0.6 is 0 Å². The quantitative estimate of drug-likeness (QED) is 0.587. The Morgan fingerprint density at radius 1 is 1.13 bits per heavy atom. The van der Waals surface area contributed by atoms with Crippen molar-refractivity contribution in [3.05, 3.63) is 40.8 Å². The van der Waals surface area contributed by atoms with E-state index in [2.05, 4.69) is 5.32 Å². The molecule has 5 atom stereocenters. The fourth-order valence-electron chi connectivity index (χ4n) is 2.57. The van der Waals surface area contributed by atoms with Crippen LogP contribution in [0.3, 0.4) is 0 Å². The first-order chi connectivity index (χ1) is 11.0. The van der Waals surface area contributed by atoms with Gasteiger partial charge < -0.3 is 29.8 Å². The Morgan fingerprint density at radius 2 is 1.87 bits per heavy atom. The Kier molecular flexibility index (Phi) is 4.31. The minimum Gasteiger partial charge on any atom is -0.423 e. The van der Waals surface area contributed by atoms with E-state index in [9.17, 15) is 24.5 Å². The summed E-state index contributed by atoms with van der Waals surface area (Å²) in [6.45, 7) is -1.02. The molecular weight excluding hydrogens is 309 g/mol. The van der Waals surface area contributed by atoms with E-state index >= 15 is 0 Å². The number of nitrogens with one attached hydrogen (secondary N) is 1. The van der Waals surface area contributed by atoms with E-state index in [0.717, 1.165) is 0 Å². The smallest absolute Gasteiger partial charge is 0.336 e. The maximum absolute atomic E-state index is 12.7. The zero-order valence-electron chi connectivity index (χ0n) is 11.9. The molecule has 8 heteroatoms. The number of hydrogen-bond acceptors (Lipinski definition) is 7. The first-order valence-electron chi connectivity index (χ1n) is 7.05. The number of aliphatic hydroxyl groups is 3. The molecule has 4 N–H and O–H groups in total.